The van der Waals surface area contributed by atoms with Crippen LogP contribution in [-0.2, 0) is 16.1 Å². The summed E-state index contributed by atoms with van der Waals surface area (Å²) in [6.07, 6.45) is 1.47. The zero-order valence-electron chi connectivity index (χ0n) is 17.9. The summed E-state index contributed by atoms with van der Waals surface area (Å²) in [5, 5.41) is 14.1. The summed E-state index contributed by atoms with van der Waals surface area (Å²) in [5.41, 5.74) is 2.56. The molecule has 0 aromatic heterocycles. The van der Waals surface area contributed by atoms with Crippen LogP contribution in [0.2, 0.25) is 0 Å². The van der Waals surface area contributed by atoms with Crippen LogP contribution in [0.15, 0.2) is 54.6 Å². The average molecular weight is 409 g/mol. The van der Waals surface area contributed by atoms with E-state index < -0.39 is 17.2 Å². The molecular weight excluding hydrogens is 376 g/mol. The van der Waals surface area contributed by atoms with Gasteiger partial charge in [-0.2, -0.15) is 0 Å². The molecule has 30 heavy (non-hydrogen) atoms. The monoisotopic (exact) mass is 408 g/mol. The first-order valence-corrected chi connectivity index (χ1v) is 10.9. The second-order valence-corrected chi connectivity index (χ2v) is 9.00. The van der Waals surface area contributed by atoms with E-state index in [1.807, 2.05) is 13.0 Å². The van der Waals surface area contributed by atoms with Crippen molar-refractivity contribution >= 4 is 5.91 Å². The van der Waals surface area contributed by atoms with E-state index in [-0.39, 0.29) is 5.91 Å². The van der Waals surface area contributed by atoms with E-state index in [2.05, 4.69) is 58.7 Å². The highest BCUT2D eigenvalue weighted by Gasteiger charge is 2.53. The van der Waals surface area contributed by atoms with Gasteiger partial charge in [-0.15, -0.1) is 0 Å². The molecule has 2 heterocycles. The van der Waals surface area contributed by atoms with Crippen molar-refractivity contribution in [1.29, 1.82) is 0 Å². The number of piperidine rings is 1. The molecule has 5 heteroatoms. The first-order chi connectivity index (χ1) is 14.4. The van der Waals surface area contributed by atoms with Crippen LogP contribution in [0.5, 0.6) is 0 Å². The van der Waals surface area contributed by atoms with Gasteiger partial charge in [0.1, 0.15) is 6.10 Å². The Morgan fingerprint density at radius 1 is 1.07 bits per heavy atom. The molecule has 2 aromatic rings. The van der Waals surface area contributed by atoms with Crippen molar-refractivity contribution in [2.45, 2.75) is 56.9 Å². The van der Waals surface area contributed by atoms with Crippen molar-refractivity contribution in [1.82, 2.24) is 10.2 Å². The number of benzene rings is 2. The summed E-state index contributed by atoms with van der Waals surface area (Å²) < 4.78 is 6.13. The summed E-state index contributed by atoms with van der Waals surface area (Å²) >= 11 is 0. The lowest BCUT2D eigenvalue weighted by atomic mass is 9.73. The number of hydrogen-bond acceptors (Lipinski definition) is 4. The fourth-order valence-corrected chi connectivity index (χ4v) is 4.99. The van der Waals surface area contributed by atoms with Crippen LogP contribution in [-0.4, -0.2) is 52.9 Å². The van der Waals surface area contributed by atoms with Gasteiger partial charge in [0.25, 0.3) is 0 Å². The smallest absolute Gasteiger partial charge is 0.217 e. The van der Waals surface area contributed by atoms with Gasteiger partial charge in [0.05, 0.1) is 11.1 Å². The molecule has 0 aliphatic carbocycles. The van der Waals surface area contributed by atoms with Gasteiger partial charge in [-0.1, -0.05) is 54.6 Å². The Morgan fingerprint density at radius 3 is 2.33 bits per heavy atom. The van der Waals surface area contributed by atoms with Gasteiger partial charge in [-0.05, 0) is 42.9 Å². The summed E-state index contributed by atoms with van der Waals surface area (Å²) in [5.74, 6) is -0.106. The molecule has 0 radical (unpaired) electrons. The number of hydrogen-bond donors (Lipinski definition) is 2. The number of aliphatic hydroxyl groups excluding tert-OH is 1. The Labute approximate surface area is 179 Å². The van der Waals surface area contributed by atoms with Gasteiger partial charge >= 0.3 is 0 Å². The van der Waals surface area contributed by atoms with Crippen LogP contribution in [0.1, 0.15) is 38.7 Å². The number of carbonyl (C=O) groups excluding carboxylic acids is 1. The van der Waals surface area contributed by atoms with E-state index in [4.69, 9.17) is 4.74 Å². The topological polar surface area (TPSA) is 61.8 Å². The normalized spacial score (nSPS) is 26.4. The third-order valence-electron chi connectivity index (χ3n) is 6.74. The highest BCUT2D eigenvalue weighted by molar-refractivity contribution is 5.74. The summed E-state index contributed by atoms with van der Waals surface area (Å²) in [6, 6.07) is 19.2. The van der Waals surface area contributed by atoms with Crippen LogP contribution < -0.4 is 5.32 Å². The van der Waals surface area contributed by atoms with Crippen molar-refractivity contribution < 1.29 is 14.6 Å². The lowest BCUT2D eigenvalue weighted by Gasteiger charge is -2.53. The van der Waals surface area contributed by atoms with Crippen molar-refractivity contribution in [3.8, 4) is 11.1 Å². The minimum Gasteiger partial charge on any atom is -0.388 e. The first kappa shape index (κ1) is 21.0. The lowest BCUT2D eigenvalue weighted by Crippen LogP contribution is -2.69. The Hall–Kier alpha value is -2.21. The molecule has 1 spiro atoms. The SMILES string of the molecule is CC(=O)N[C@]1(C)CCOC2(CCN(Cc3ccc(-c4ccccc4)cc3)CC2)[C@H]1O. The molecule has 0 saturated carbocycles. The summed E-state index contributed by atoms with van der Waals surface area (Å²) in [7, 11) is 0. The Kier molecular flexibility index (Phi) is 5.96. The Morgan fingerprint density at radius 2 is 1.70 bits per heavy atom. The molecule has 1 amide bonds. The van der Waals surface area contributed by atoms with Crippen molar-refractivity contribution in [2.24, 2.45) is 0 Å². The second kappa shape index (κ2) is 8.50. The minimum atomic E-state index is -0.699. The molecule has 4 rings (SSSR count). The third kappa shape index (κ3) is 4.29. The fraction of sp³-hybridized carbons (Fsp3) is 0.480. The van der Waals surface area contributed by atoms with E-state index >= 15 is 0 Å². The number of aliphatic hydroxyl groups is 1. The molecule has 2 saturated heterocycles. The van der Waals surface area contributed by atoms with E-state index in [9.17, 15) is 9.90 Å². The molecular formula is C25H32N2O3. The molecule has 0 unspecified atom stereocenters. The maximum Gasteiger partial charge on any atom is 0.217 e. The molecule has 0 bridgehead atoms. The molecule has 2 aliphatic heterocycles. The van der Waals surface area contributed by atoms with Gasteiger partial charge in [0, 0.05) is 33.2 Å². The zero-order valence-corrected chi connectivity index (χ0v) is 17.9. The van der Waals surface area contributed by atoms with E-state index in [0.29, 0.717) is 13.0 Å². The first-order valence-electron chi connectivity index (χ1n) is 10.9. The minimum absolute atomic E-state index is 0.106. The molecule has 2 aromatic carbocycles. The number of carbonyl (C=O) groups is 1. The van der Waals surface area contributed by atoms with Gasteiger partial charge in [-0.25, -0.2) is 0 Å². The van der Waals surface area contributed by atoms with Gasteiger partial charge < -0.3 is 15.2 Å². The Bertz CT molecular complexity index is 860. The third-order valence-corrected chi connectivity index (χ3v) is 6.74. The number of amides is 1. The number of nitrogens with zero attached hydrogens (tertiary/aromatic N) is 1. The standard InChI is InChI=1S/C25H32N2O3/c1-19(28)26-24(2)14-17-30-25(23(24)29)12-15-27(16-13-25)18-20-8-10-22(11-9-20)21-6-4-3-5-7-21/h3-11,23,29H,12-18H2,1-2H3,(H,26,28)/t23-,24+/m0/s1. The second-order valence-electron chi connectivity index (χ2n) is 9.00. The predicted molar refractivity (Wildman–Crippen MR) is 118 cm³/mol. The summed E-state index contributed by atoms with van der Waals surface area (Å²) in [4.78, 5) is 14.1. The maximum absolute atomic E-state index is 11.6. The number of ether oxygens (including phenoxy) is 1. The summed E-state index contributed by atoms with van der Waals surface area (Å²) in [6.45, 7) is 6.63. The Balaban J connectivity index is 1.37. The maximum atomic E-state index is 11.6. The van der Waals surface area contributed by atoms with Crippen molar-refractivity contribution in [3.63, 3.8) is 0 Å². The average Bonchev–Trinajstić information content (AvgIpc) is 2.74. The number of nitrogens with one attached hydrogen (secondary N) is 1. The van der Waals surface area contributed by atoms with Crippen LogP contribution in [0.25, 0.3) is 11.1 Å². The molecule has 160 valence electrons. The lowest BCUT2D eigenvalue weighted by molar-refractivity contribution is -0.208. The van der Waals surface area contributed by atoms with Crippen LogP contribution in [0.3, 0.4) is 0 Å². The van der Waals surface area contributed by atoms with Gasteiger partial charge in [0.2, 0.25) is 5.91 Å². The van der Waals surface area contributed by atoms with Gasteiger partial charge in [-0.3, -0.25) is 9.69 Å². The number of likely N-dealkylation sites (tertiary alicyclic amines) is 1. The number of rotatable bonds is 4. The largest absolute Gasteiger partial charge is 0.388 e. The molecule has 2 fully saturated rings. The highest BCUT2D eigenvalue weighted by atomic mass is 16.5. The van der Waals surface area contributed by atoms with Crippen molar-refractivity contribution in [2.75, 3.05) is 19.7 Å². The van der Waals surface area contributed by atoms with Crippen molar-refractivity contribution in [3.05, 3.63) is 60.2 Å². The van der Waals surface area contributed by atoms with Crippen LogP contribution in [0, 0.1) is 0 Å². The van der Waals surface area contributed by atoms with E-state index in [1.54, 1.807) is 0 Å². The molecule has 2 N–H and O–H groups in total. The highest BCUT2D eigenvalue weighted by Crippen LogP contribution is 2.40. The van der Waals surface area contributed by atoms with E-state index in [1.165, 1.54) is 23.6 Å². The molecule has 2 aliphatic rings. The van der Waals surface area contributed by atoms with Gasteiger partial charge in [0.15, 0.2) is 0 Å². The fourth-order valence-electron chi connectivity index (χ4n) is 4.99. The van der Waals surface area contributed by atoms with Crippen LogP contribution >= 0.6 is 0 Å². The van der Waals surface area contributed by atoms with E-state index in [0.717, 1.165) is 32.5 Å². The zero-order chi connectivity index (χ0) is 21.2. The molecule has 2 atom stereocenters. The predicted octanol–water partition coefficient (Wildman–Crippen LogP) is 3.36. The van der Waals surface area contributed by atoms with Crippen LogP contribution in [0.4, 0.5) is 0 Å². The quantitative estimate of drug-likeness (QED) is 0.814. The molecule has 5 nitrogen and oxygen atoms in total.